The molecular formula is C20H30N4O3. The fourth-order valence-electron chi connectivity index (χ4n) is 3.52. The zero-order chi connectivity index (χ0) is 19.1. The molecule has 1 aromatic carbocycles. The molecule has 0 unspecified atom stereocenters. The smallest absolute Gasteiger partial charge is 0.244 e. The van der Waals surface area contributed by atoms with Crippen molar-refractivity contribution in [3.8, 4) is 0 Å². The van der Waals surface area contributed by atoms with Crippen molar-refractivity contribution in [1.82, 2.24) is 4.90 Å². The predicted octanol–water partition coefficient (Wildman–Crippen LogP) is 1.95. The maximum Gasteiger partial charge on any atom is 0.244 e. The van der Waals surface area contributed by atoms with Crippen LogP contribution in [0.2, 0.25) is 0 Å². The molecule has 27 heavy (non-hydrogen) atoms. The molecule has 0 atom stereocenters. The quantitative estimate of drug-likeness (QED) is 0.707. The van der Waals surface area contributed by atoms with Crippen LogP contribution in [0, 0.1) is 0 Å². The van der Waals surface area contributed by atoms with Gasteiger partial charge in [-0.3, -0.25) is 9.59 Å². The van der Waals surface area contributed by atoms with Crippen molar-refractivity contribution in [2.45, 2.75) is 44.1 Å². The first kappa shape index (κ1) is 19.8. The molecule has 0 bridgehead atoms. The molecule has 2 aliphatic heterocycles. The zero-order valence-electron chi connectivity index (χ0n) is 15.8. The Balaban J connectivity index is 1.45. The predicted molar refractivity (Wildman–Crippen MR) is 106 cm³/mol. The van der Waals surface area contributed by atoms with Crippen LogP contribution >= 0.6 is 0 Å². The molecular weight excluding hydrogens is 344 g/mol. The van der Waals surface area contributed by atoms with Crippen molar-refractivity contribution in [3.63, 3.8) is 0 Å². The van der Waals surface area contributed by atoms with Crippen LogP contribution in [0.3, 0.4) is 0 Å². The molecule has 7 heteroatoms. The second-order valence-corrected chi connectivity index (χ2v) is 7.50. The van der Waals surface area contributed by atoms with Crippen molar-refractivity contribution < 1.29 is 14.3 Å². The maximum atomic E-state index is 12.4. The van der Waals surface area contributed by atoms with E-state index in [1.165, 1.54) is 19.3 Å². The number of anilines is 2. The number of likely N-dealkylation sites (tertiary alicyclic amines) is 1. The number of amides is 2. The van der Waals surface area contributed by atoms with Gasteiger partial charge in [0.1, 0.15) is 5.54 Å². The summed E-state index contributed by atoms with van der Waals surface area (Å²) in [7, 11) is 0. The van der Waals surface area contributed by atoms with Gasteiger partial charge in [0, 0.05) is 37.6 Å². The topological polar surface area (TPSA) is 96.7 Å². The Hall–Kier alpha value is -1.96. The van der Waals surface area contributed by atoms with Gasteiger partial charge in [-0.25, -0.2) is 0 Å². The second-order valence-electron chi connectivity index (χ2n) is 7.50. The van der Waals surface area contributed by atoms with Gasteiger partial charge in [0.05, 0.1) is 0 Å². The Bertz CT molecular complexity index is 635. The number of carbonyl (C=O) groups excluding carboxylic acids is 2. The van der Waals surface area contributed by atoms with E-state index in [-0.39, 0.29) is 11.8 Å². The van der Waals surface area contributed by atoms with Crippen LogP contribution in [0.4, 0.5) is 11.4 Å². The highest BCUT2D eigenvalue weighted by Gasteiger charge is 2.35. The Kier molecular flexibility index (Phi) is 6.82. The Morgan fingerprint density at radius 2 is 1.59 bits per heavy atom. The van der Waals surface area contributed by atoms with Crippen LogP contribution in [-0.2, 0) is 14.3 Å². The molecule has 0 saturated carbocycles. The first-order valence-electron chi connectivity index (χ1n) is 9.85. The molecule has 0 aromatic heterocycles. The van der Waals surface area contributed by atoms with Gasteiger partial charge in [-0.05, 0) is 63.0 Å². The van der Waals surface area contributed by atoms with E-state index in [2.05, 4.69) is 15.5 Å². The van der Waals surface area contributed by atoms with Gasteiger partial charge in [0.15, 0.2) is 0 Å². The monoisotopic (exact) mass is 374 g/mol. The van der Waals surface area contributed by atoms with Crippen LogP contribution in [0.1, 0.15) is 38.5 Å². The molecule has 0 aliphatic carbocycles. The van der Waals surface area contributed by atoms with Gasteiger partial charge >= 0.3 is 0 Å². The standard InChI is InChI=1S/C20H30N4O3/c21-20(9-14-27-15-10-20)19(26)23-17-6-4-16(5-7-17)22-18(25)8-13-24-11-2-1-3-12-24/h4-7H,1-3,8-15,21H2,(H,22,25)(H,23,26). The first-order valence-corrected chi connectivity index (χ1v) is 9.85. The fraction of sp³-hybridized carbons (Fsp3) is 0.600. The third kappa shape index (κ3) is 5.76. The van der Waals surface area contributed by atoms with E-state index in [9.17, 15) is 9.59 Å². The van der Waals surface area contributed by atoms with Gasteiger partial charge in [-0.2, -0.15) is 0 Å². The van der Waals surface area contributed by atoms with Gasteiger partial charge in [-0.15, -0.1) is 0 Å². The molecule has 2 saturated heterocycles. The Morgan fingerprint density at radius 1 is 1.00 bits per heavy atom. The number of ether oxygens (including phenoxy) is 1. The molecule has 0 radical (unpaired) electrons. The van der Waals surface area contributed by atoms with E-state index in [1.54, 1.807) is 24.3 Å². The second kappa shape index (κ2) is 9.30. The summed E-state index contributed by atoms with van der Waals surface area (Å²) >= 11 is 0. The lowest BCUT2D eigenvalue weighted by atomic mass is 9.90. The normalized spacial score (nSPS) is 20.0. The molecule has 7 nitrogen and oxygen atoms in total. The summed E-state index contributed by atoms with van der Waals surface area (Å²) in [4.78, 5) is 26.9. The van der Waals surface area contributed by atoms with Crippen molar-refractivity contribution in [2.24, 2.45) is 5.73 Å². The van der Waals surface area contributed by atoms with Gasteiger partial charge in [0.2, 0.25) is 11.8 Å². The van der Waals surface area contributed by atoms with Crippen molar-refractivity contribution in [2.75, 3.05) is 43.5 Å². The number of nitrogens with one attached hydrogen (secondary N) is 2. The van der Waals surface area contributed by atoms with E-state index in [1.807, 2.05) is 0 Å². The minimum absolute atomic E-state index is 0.0143. The average Bonchev–Trinajstić information content (AvgIpc) is 2.69. The molecule has 2 fully saturated rings. The third-order valence-corrected chi connectivity index (χ3v) is 5.37. The number of rotatable bonds is 6. The van der Waals surface area contributed by atoms with Crippen molar-refractivity contribution >= 4 is 23.2 Å². The lowest BCUT2D eigenvalue weighted by Crippen LogP contribution is -2.54. The highest BCUT2D eigenvalue weighted by Crippen LogP contribution is 2.21. The number of hydrogen-bond donors (Lipinski definition) is 3. The average molecular weight is 374 g/mol. The van der Waals surface area contributed by atoms with E-state index >= 15 is 0 Å². The number of nitrogens with zero attached hydrogens (tertiary/aromatic N) is 1. The SMILES string of the molecule is NC1(C(=O)Nc2ccc(NC(=O)CCN3CCCCC3)cc2)CCOCC1. The maximum absolute atomic E-state index is 12.4. The zero-order valence-corrected chi connectivity index (χ0v) is 15.8. The van der Waals surface area contributed by atoms with Crippen LogP contribution < -0.4 is 16.4 Å². The summed E-state index contributed by atoms with van der Waals surface area (Å²) in [5.41, 5.74) is 6.71. The molecule has 148 valence electrons. The number of hydrogen-bond acceptors (Lipinski definition) is 5. The Labute approximate surface area is 160 Å². The summed E-state index contributed by atoms with van der Waals surface area (Å²) in [6.07, 6.45) is 5.28. The Morgan fingerprint density at radius 3 is 2.22 bits per heavy atom. The summed E-state index contributed by atoms with van der Waals surface area (Å²) in [6, 6.07) is 7.14. The number of nitrogens with two attached hydrogens (primary N) is 1. The highest BCUT2D eigenvalue weighted by molar-refractivity contribution is 5.98. The van der Waals surface area contributed by atoms with Crippen LogP contribution in [0.15, 0.2) is 24.3 Å². The van der Waals surface area contributed by atoms with Gasteiger partial charge in [0.25, 0.3) is 0 Å². The number of piperidine rings is 1. The van der Waals surface area contributed by atoms with E-state index < -0.39 is 5.54 Å². The number of benzene rings is 1. The molecule has 2 amide bonds. The van der Waals surface area contributed by atoms with E-state index in [4.69, 9.17) is 10.5 Å². The third-order valence-electron chi connectivity index (χ3n) is 5.37. The summed E-state index contributed by atoms with van der Waals surface area (Å²) < 4.78 is 5.27. The lowest BCUT2D eigenvalue weighted by molar-refractivity contribution is -0.124. The summed E-state index contributed by atoms with van der Waals surface area (Å²) in [5, 5.41) is 5.78. The molecule has 3 rings (SSSR count). The fourth-order valence-corrected chi connectivity index (χ4v) is 3.52. The number of carbonyl (C=O) groups is 2. The highest BCUT2D eigenvalue weighted by atomic mass is 16.5. The summed E-state index contributed by atoms with van der Waals surface area (Å²) in [6.45, 7) is 4.01. The lowest BCUT2D eigenvalue weighted by Gasteiger charge is -2.31. The largest absolute Gasteiger partial charge is 0.381 e. The van der Waals surface area contributed by atoms with Crippen molar-refractivity contribution in [1.29, 1.82) is 0 Å². The van der Waals surface area contributed by atoms with Crippen molar-refractivity contribution in [3.05, 3.63) is 24.3 Å². The molecule has 0 spiro atoms. The minimum atomic E-state index is -0.875. The molecule has 1 aromatic rings. The first-order chi connectivity index (χ1) is 13.0. The molecule has 2 aliphatic rings. The molecule has 2 heterocycles. The van der Waals surface area contributed by atoms with E-state index in [0.717, 1.165) is 25.3 Å². The molecule has 4 N–H and O–H groups in total. The van der Waals surface area contributed by atoms with Gasteiger partial charge in [-0.1, -0.05) is 6.42 Å². The van der Waals surface area contributed by atoms with Gasteiger partial charge < -0.3 is 26.0 Å². The minimum Gasteiger partial charge on any atom is -0.381 e. The van der Waals surface area contributed by atoms with E-state index in [0.29, 0.717) is 38.2 Å². The van der Waals surface area contributed by atoms with Crippen LogP contribution in [0.5, 0.6) is 0 Å². The summed E-state index contributed by atoms with van der Waals surface area (Å²) in [5.74, 6) is -0.176. The van der Waals surface area contributed by atoms with Crippen LogP contribution in [0.25, 0.3) is 0 Å². The van der Waals surface area contributed by atoms with Crippen LogP contribution in [-0.4, -0.2) is 55.1 Å².